The molecule has 2 amide bonds. The van der Waals surface area contributed by atoms with E-state index in [0.717, 1.165) is 17.5 Å². The number of methoxy groups -OCH3 is 1. The Kier molecular flexibility index (Phi) is 5.99. The van der Waals surface area contributed by atoms with Crippen LogP contribution in [0.5, 0.6) is 0 Å². The smallest absolute Gasteiger partial charge is 0.337 e. The summed E-state index contributed by atoms with van der Waals surface area (Å²) in [5.41, 5.74) is 2.74. The van der Waals surface area contributed by atoms with Gasteiger partial charge in [0.2, 0.25) is 11.8 Å². The van der Waals surface area contributed by atoms with Gasteiger partial charge < -0.3 is 15.0 Å². The fraction of sp³-hybridized carbons (Fsp3) is 0.286. The minimum absolute atomic E-state index is 0.0713. The number of fused-ring (bicyclic) bond motifs is 1. The fourth-order valence-corrected chi connectivity index (χ4v) is 3.66. The Hall–Kier alpha value is -2.86. The summed E-state index contributed by atoms with van der Waals surface area (Å²) in [4.78, 5) is 38.3. The first-order chi connectivity index (χ1) is 13.4. The lowest BCUT2D eigenvalue weighted by molar-refractivity contribution is -0.132. The van der Waals surface area contributed by atoms with E-state index < -0.39 is 5.97 Å². The van der Waals surface area contributed by atoms with Crippen LogP contribution in [0.2, 0.25) is 5.02 Å². The van der Waals surface area contributed by atoms with Crippen molar-refractivity contribution in [3.8, 4) is 0 Å². The third-order valence-electron chi connectivity index (χ3n) is 4.86. The van der Waals surface area contributed by atoms with Crippen LogP contribution in [0.4, 0.5) is 5.69 Å². The quantitative estimate of drug-likeness (QED) is 0.795. The highest BCUT2D eigenvalue weighted by Gasteiger charge is 2.30. The van der Waals surface area contributed by atoms with Crippen LogP contribution in [0.25, 0.3) is 0 Å². The van der Waals surface area contributed by atoms with Crippen LogP contribution in [0.3, 0.4) is 0 Å². The number of esters is 1. The monoisotopic (exact) mass is 400 g/mol. The van der Waals surface area contributed by atoms with E-state index in [2.05, 4.69) is 5.32 Å². The lowest BCUT2D eigenvalue weighted by Crippen LogP contribution is -2.40. The first-order valence-corrected chi connectivity index (χ1v) is 9.31. The van der Waals surface area contributed by atoms with Crippen LogP contribution in [0.15, 0.2) is 42.5 Å². The number of halogens is 1. The summed E-state index contributed by atoms with van der Waals surface area (Å²) in [6.07, 6.45) is 0.857. The molecular weight excluding hydrogens is 380 g/mol. The van der Waals surface area contributed by atoms with Crippen LogP contribution in [0, 0.1) is 0 Å². The molecule has 0 aliphatic carbocycles. The van der Waals surface area contributed by atoms with Gasteiger partial charge >= 0.3 is 5.97 Å². The molecule has 1 atom stereocenters. The van der Waals surface area contributed by atoms with Gasteiger partial charge in [0.25, 0.3) is 0 Å². The van der Waals surface area contributed by atoms with E-state index in [0.29, 0.717) is 17.3 Å². The number of carbonyl (C=O) groups is 3. The lowest BCUT2D eigenvalue weighted by atomic mass is 9.90. The third-order valence-corrected chi connectivity index (χ3v) is 5.19. The summed E-state index contributed by atoms with van der Waals surface area (Å²) < 4.78 is 4.70. The molecule has 0 saturated heterocycles. The summed E-state index contributed by atoms with van der Waals surface area (Å²) in [5.74, 6) is -0.883. The van der Waals surface area contributed by atoms with Gasteiger partial charge in [0.1, 0.15) is 0 Å². The van der Waals surface area contributed by atoms with Crippen molar-refractivity contribution in [3.05, 3.63) is 64.2 Å². The highest BCUT2D eigenvalue weighted by atomic mass is 35.5. The van der Waals surface area contributed by atoms with Gasteiger partial charge in [0, 0.05) is 13.5 Å². The summed E-state index contributed by atoms with van der Waals surface area (Å²) in [6, 6.07) is 12.0. The van der Waals surface area contributed by atoms with Crippen molar-refractivity contribution in [1.29, 1.82) is 0 Å². The van der Waals surface area contributed by atoms with Crippen LogP contribution < -0.4 is 5.32 Å². The van der Waals surface area contributed by atoms with Gasteiger partial charge in [-0.15, -0.1) is 0 Å². The molecule has 0 aromatic heterocycles. The van der Waals surface area contributed by atoms with E-state index in [1.807, 2.05) is 24.3 Å². The fourth-order valence-electron chi connectivity index (χ4n) is 3.49. The maximum absolute atomic E-state index is 12.7. The van der Waals surface area contributed by atoms with Gasteiger partial charge in [-0.3, -0.25) is 9.59 Å². The Morgan fingerprint density at radius 1 is 1.21 bits per heavy atom. The van der Waals surface area contributed by atoms with E-state index in [1.165, 1.54) is 32.2 Å². The number of anilines is 1. The van der Waals surface area contributed by atoms with Gasteiger partial charge in [-0.1, -0.05) is 35.9 Å². The van der Waals surface area contributed by atoms with E-state index in [9.17, 15) is 14.4 Å². The van der Waals surface area contributed by atoms with Crippen LogP contribution >= 0.6 is 11.6 Å². The molecule has 1 aliphatic heterocycles. The first-order valence-electron chi connectivity index (χ1n) is 8.93. The number of nitrogens with zero attached hydrogens (tertiary/aromatic N) is 1. The Morgan fingerprint density at radius 3 is 2.68 bits per heavy atom. The summed E-state index contributed by atoms with van der Waals surface area (Å²) >= 11 is 6.16. The minimum Gasteiger partial charge on any atom is -0.465 e. The molecule has 6 nitrogen and oxygen atoms in total. The normalized spacial score (nSPS) is 15.5. The second-order valence-electron chi connectivity index (χ2n) is 6.62. The Balaban J connectivity index is 1.82. The van der Waals surface area contributed by atoms with Crippen molar-refractivity contribution < 1.29 is 19.1 Å². The minimum atomic E-state index is -0.517. The molecule has 7 heteroatoms. The van der Waals surface area contributed by atoms with Gasteiger partial charge in [-0.25, -0.2) is 4.79 Å². The number of amides is 2. The summed E-state index contributed by atoms with van der Waals surface area (Å²) in [6.45, 7) is 2.08. The second-order valence-corrected chi connectivity index (χ2v) is 7.02. The summed E-state index contributed by atoms with van der Waals surface area (Å²) in [5, 5.41) is 3.06. The van der Waals surface area contributed by atoms with Crippen molar-refractivity contribution in [3.63, 3.8) is 0 Å². The molecular formula is C21H21ClN2O4. The number of hydrogen-bond acceptors (Lipinski definition) is 4. The maximum atomic E-state index is 12.7. The number of benzene rings is 2. The maximum Gasteiger partial charge on any atom is 0.337 e. The Labute approximate surface area is 168 Å². The number of nitrogens with one attached hydrogen (secondary N) is 1. The zero-order valence-electron chi connectivity index (χ0n) is 15.7. The molecule has 0 saturated carbocycles. The summed E-state index contributed by atoms with van der Waals surface area (Å²) in [7, 11) is 1.28. The average molecular weight is 401 g/mol. The van der Waals surface area contributed by atoms with Gasteiger partial charge in [-0.2, -0.15) is 0 Å². The molecule has 0 fully saturated rings. The number of rotatable bonds is 4. The van der Waals surface area contributed by atoms with Crippen molar-refractivity contribution in [1.82, 2.24) is 4.90 Å². The number of hydrogen-bond donors (Lipinski definition) is 1. The average Bonchev–Trinajstić information content (AvgIpc) is 2.69. The highest BCUT2D eigenvalue weighted by Crippen LogP contribution is 2.33. The third kappa shape index (κ3) is 4.17. The molecule has 1 heterocycles. The molecule has 1 unspecified atom stereocenters. The second kappa shape index (κ2) is 8.44. The van der Waals surface area contributed by atoms with E-state index in [-0.39, 0.29) is 29.8 Å². The van der Waals surface area contributed by atoms with Crippen molar-refractivity contribution in [2.75, 3.05) is 19.0 Å². The predicted molar refractivity (Wildman–Crippen MR) is 106 cm³/mol. The van der Waals surface area contributed by atoms with Crippen molar-refractivity contribution in [2.24, 2.45) is 0 Å². The standard InChI is InChI=1S/C21H21ClN2O4/c1-13(25)24-10-9-14-5-3-4-6-16(14)19(24)12-20(26)23-18-11-15(21(27)28-2)7-8-17(18)22/h3-8,11,19H,9-10,12H2,1-2H3,(H,23,26). The molecule has 2 aromatic rings. The molecule has 28 heavy (non-hydrogen) atoms. The first kappa shape index (κ1) is 19.9. The van der Waals surface area contributed by atoms with E-state index in [1.54, 1.807) is 4.90 Å². The van der Waals surface area contributed by atoms with Gasteiger partial charge in [0.15, 0.2) is 0 Å². The Morgan fingerprint density at radius 2 is 1.96 bits per heavy atom. The molecule has 0 spiro atoms. The van der Waals surface area contributed by atoms with Crippen molar-refractivity contribution in [2.45, 2.75) is 25.8 Å². The lowest BCUT2D eigenvalue weighted by Gasteiger charge is -2.36. The molecule has 146 valence electrons. The zero-order valence-corrected chi connectivity index (χ0v) is 16.5. The SMILES string of the molecule is COC(=O)c1ccc(Cl)c(NC(=O)CC2c3ccccc3CCN2C(C)=O)c1. The predicted octanol–water partition coefficient (Wildman–Crippen LogP) is 3.60. The van der Waals surface area contributed by atoms with Crippen molar-refractivity contribution >= 4 is 35.1 Å². The molecule has 0 bridgehead atoms. The van der Waals surface area contributed by atoms with Crippen LogP contribution in [-0.2, 0) is 20.7 Å². The van der Waals surface area contributed by atoms with Gasteiger partial charge in [-0.05, 0) is 35.7 Å². The number of carbonyl (C=O) groups excluding carboxylic acids is 3. The molecule has 3 rings (SSSR count). The molecule has 0 radical (unpaired) electrons. The zero-order chi connectivity index (χ0) is 20.3. The molecule has 1 aliphatic rings. The highest BCUT2D eigenvalue weighted by molar-refractivity contribution is 6.33. The van der Waals surface area contributed by atoms with Gasteiger partial charge in [0.05, 0.1) is 35.8 Å². The topological polar surface area (TPSA) is 75.7 Å². The number of ether oxygens (including phenoxy) is 1. The largest absolute Gasteiger partial charge is 0.465 e. The van der Waals surface area contributed by atoms with E-state index in [4.69, 9.17) is 16.3 Å². The molecule has 2 aromatic carbocycles. The molecule has 1 N–H and O–H groups in total. The Bertz CT molecular complexity index is 928. The van der Waals surface area contributed by atoms with Crippen LogP contribution in [0.1, 0.15) is 40.9 Å². The van der Waals surface area contributed by atoms with E-state index >= 15 is 0 Å². The van der Waals surface area contributed by atoms with Crippen LogP contribution in [-0.4, -0.2) is 36.3 Å².